The van der Waals surface area contributed by atoms with Gasteiger partial charge in [-0.3, -0.25) is 0 Å². The third kappa shape index (κ3) is 3.49. The van der Waals surface area contributed by atoms with Crippen molar-refractivity contribution >= 4 is 33.2 Å². The molecule has 6 aromatic carbocycles. The lowest BCUT2D eigenvalue weighted by atomic mass is 9.75. The summed E-state index contributed by atoms with van der Waals surface area (Å²) in [6.45, 7) is 4.94. The van der Waals surface area contributed by atoms with Crippen molar-refractivity contribution in [3.05, 3.63) is 177 Å². The monoisotopic (exact) mass is 576 g/mol. The maximum Gasteiger partial charge on any atom is 0.0130 e. The molecule has 0 nitrogen and oxygen atoms in total. The highest BCUT2D eigenvalue weighted by Gasteiger charge is 2.42. The fraction of sp³-hybridized carbons (Fsp3) is 0.200. The Hall–Kier alpha value is -4.68. The molecule has 0 bridgehead atoms. The predicted molar refractivity (Wildman–Crippen MR) is 189 cm³/mol. The summed E-state index contributed by atoms with van der Waals surface area (Å²) >= 11 is 0. The highest BCUT2D eigenvalue weighted by molar-refractivity contribution is 5.95. The van der Waals surface area contributed by atoms with Gasteiger partial charge in [-0.25, -0.2) is 0 Å². The maximum atomic E-state index is 2.57. The van der Waals surface area contributed by atoms with Crippen molar-refractivity contribution in [3.8, 4) is 0 Å². The molecule has 5 unspecified atom stereocenters. The van der Waals surface area contributed by atoms with Gasteiger partial charge in [-0.15, -0.1) is 0 Å². The van der Waals surface area contributed by atoms with Crippen molar-refractivity contribution in [2.45, 2.75) is 56.3 Å². The third-order valence-corrected chi connectivity index (χ3v) is 11.9. The van der Waals surface area contributed by atoms with E-state index in [0.29, 0.717) is 29.6 Å². The second-order valence-corrected chi connectivity index (χ2v) is 14.0. The van der Waals surface area contributed by atoms with Gasteiger partial charge in [-0.1, -0.05) is 152 Å². The topological polar surface area (TPSA) is 0 Å². The lowest BCUT2D eigenvalue weighted by Gasteiger charge is -2.28. The van der Waals surface area contributed by atoms with Gasteiger partial charge in [0.25, 0.3) is 0 Å². The fourth-order valence-corrected chi connectivity index (χ4v) is 10.1. The average molecular weight is 577 g/mol. The first-order valence-electron chi connectivity index (χ1n) is 16.8. The van der Waals surface area contributed by atoms with Crippen molar-refractivity contribution in [1.29, 1.82) is 0 Å². The third-order valence-electron chi connectivity index (χ3n) is 11.9. The zero-order chi connectivity index (χ0) is 29.8. The first kappa shape index (κ1) is 25.6. The van der Waals surface area contributed by atoms with Gasteiger partial charge < -0.3 is 0 Å². The second kappa shape index (κ2) is 9.41. The predicted octanol–water partition coefficient (Wildman–Crippen LogP) is 11.7. The van der Waals surface area contributed by atoms with Crippen LogP contribution in [0.4, 0.5) is 0 Å². The van der Waals surface area contributed by atoms with E-state index >= 15 is 0 Å². The zero-order valence-electron chi connectivity index (χ0n) is 25.9. The van der Waals surface area contributed by atoms with Crippen LogP contribution in [0.15, 0.2) is 132 Å². The summed E-state index contributed by atoms with van der Waals surface area (Å²) in [6.07, 6.45) is 4.69. The summed E-state index contributed by atoms with van der Waals surface area (Å²) < 4.78 is 0. The molecule has 45 heavy (non-hydrogen) atoms. The van der Waals surface area contributed by atoms with Gasteiger partial charge in [0.1, 0.15) is 0 Å². The largest absolute Gasteiger partial charge is 0.0619 e. The van der Waals surface area contributed by atoms with E-state index in [1.165, 1.54) is 66.1 Å². The molecule has 0 saturated heterocycles. The fourth-order valence-electron chi connectivity index (χ4n) is 10.1. The Morgan fingerprint density at radius 2 is 1.09 bits per heavy atom. The molecule has 0 amide bonds. The molecule has 0 saturated carbocycles. The molecule has 0 spiro atoms. The van der Waals surface area contributed by atoms with E-state index in [-0.39, 0.29) is 0 Å². The lowest BCUT2D eigenvalue weighted by Crippen LogP contribution is -2.12. The van der Waals surface area contributed by atoms with Crippen LogP contribution in [0.5, 0.6) is 0 Å². The van der Waals surface area contributed by atoms with Crippen LogP contribution in [-0.2, 0) is 6.42 Å². The molecular weight excluding hydrogens is 540 g/mol. The summed E-state index contributed by atoms with van der Waals surface area (Å²) in [5.41, 5.74) is 16.8. The van der Waals surface area contributed by atoms with Crippen LogP contribution in [-0.4, -0.2) is 0 Å². The molecule has 216 valence electrons. The Balaban J connectivity index is 1.14. The van der Waals surface area contributed by atoms with Crippen LogP contribution < -0.4 is 0 Å². The summed E-state index contributed by atoms with van der Waals surface area (Å²) in [4.78, 5) is 0. The van der Waals surface area contributed by atoms with Crippen molar-refractivity contribution in [3.63, 3.8) is 0 Å². The minimum atomic E-state index is 0.365. The highest BCUT2D eigenvalue weighted by Crippen LogP contribution is 2.59. The van der Waals surface area contributed by atoms with Crippen LogP contribution in [0.3, 0.4) is 0 Å². The summed E-state index contributed by atoms with van der Waals surface area (Å²) in [5.74, 6) is 2.11. The highest BCUT2D eigenvalue weighted by atomic mass is 14.5. The van der Waals surface area contributed by atoms with Crippen molar-refractivity contribution in [1.82, 2.24) is 0 Å². The summed E-state index contributed by atoms with van der Waals surface area (Å²) in [5, 5.41) is 5.75. The van der Waals surface area contributed by atoms with E-state index in [9.17, 15) is 0 Å². The van der Waals surface area contributed by atoms with Gasteiger partial charge in [0.05, 0.1) is 0 Å². The molecule has 4 aliphatic rings. The maximum absolute atomic E-state index is 2.57. The first-order chi connectivity index (χ1) is 22.2. The molecule has 0 radical (unpaired) electrons. The number of benzene rings is 6. The molecule has 6 aromatic rings. The first-order valence-corrected chi connectivity index (χ1v) is 16.8. The van der Waals surface area contributed by atoms with E-state index < -0.39 is 0 Å². The van der Waals surface area contributed by atoms with Gasteiger partial charge >= 0.3 is 0 Å². The molecule has 4 aliphatic carbocycles. The van der Waals surface area contributed by atoms with E-state index in [4.69, 9.17) is 0 Å². The zero-order valence-corrected chi connectivity index (χ0v) is 25.9. The molecule has 0 aliphatic heterocycles. The summed E-state index contributed by atoms with van der Waals surface area (Å²) in [7, 11) is 0. The van der Waals surface area contributed by atoms with E-state index in [0.717, 1.165) is 12.8 Å². The van der Waals surface area contributed by atoms with Crippen LogP contribution in [0.2, 0.25) is 0 Å². The number of fused-ring (bicyclic) bond motifs is 2. The Labute approximate surface area is 265 Å². The Morgan fingerprint density at radius 3 is 1.80 bits per heavy atom. The molecule has 0 heteroatoms. The smallest absolute Gasteiger partial charge is 0.0130 e. The quantitative estimate of drug-likeness (QED) is 0.196. The van der Waals surface area contributed by atoms with Gasteiger partial charge in [0.2, 0.25) is 0 Å². The van der Waals surface area contributed by atoms with E-state index in [1.807, 2.05) is 0 Å². The molecule has 0 fully saturated rings. The minimum absolute atomic E-state index is 0.365. The molecule has 5 atom stereocenters. The number of hydrogen-bond donors (Lipinski definition) is 0. The standard InChI is InChI=1S/C45H36/c1-26-32-19-7-13-28-15-9-21-36(44(28)32)42(26)40-23-30-11-3-5-17-34(30)38(40)25-39-35-18-6-4-12-31(35)24-41(39)43-27(2)33-20-8-14-29-16-10-22-37(43)45(29)33/h3-23,26-27,38,42-43H,24-25H2,1-2H3. The minimum Gasteiger partial charge on any atom is -0.0619 e. The van der Waals surface area contributed by atoms with Gasteiger partial charge in [0.15, 0.2) is 0 Å². The van der Waals surface area contributed by atoms with Crippen LogP contribution in [0.1, 0.15) is 94.4 Å². The van der Waals surface area contributed by atoms with Crippen LogP contribution >= 0.6 is 0 Å². The van der Waals surface area contributed by atoms with Crippen LogP contribution in [0.25, 0.3) is 33.2 Å². The SMILES string of the molecule is CC1c2cccc3cccc(c23)C1C1=Cc2ccccc2C1CC1=C(C2c3cccc4cccc(c34)C2C)Cc2ccccc21. The second-order valence-electron chi connectivity index (χ2n) is 14.0. The van der Waals surface area contributed by atoms with Crippen molar-refractivity contribution < 1.29 is 0 Å². The van der Waals surface area contributed by atoms with Crippen molar-refractivity contribution in [2.24, 2.45) is 0 Å². The summed E-state index contributed by atoms with van der Waals surface area (Å²) in [6, 6.07) is 46.3. The normalized spacial score (nSPS) is 24.0. The van der Waals surface area contributed by atoms with Gasteiger partial charge in [-0.2, -0.15) is 0 Å². The lowest BCUT2D eigenvalue weighted by molar-refractivity contribution is 0.627. The number of hydrogen-bond acceptors (Lipinski definition) is 0. The van der Waals surface area contributed by atoms with Crippen molar-refractivity contribution in [2.75, 3.05) is 0 Å². The Morgan fingerprint density at radius 1 is 0.533 bits per heavy atom. The number of rotatable bonds is 4. The average Bonchev–Trinajstić information content (AvgIpc) is 3.78. The van der Waals surface area contributed by atoms with Crippen LogP contribution in [0, 0.1) is 0 Å². The van der Waals surface area contributed by atoms with Gasteiger partial charge in [-0.05, 0) is 96.3 Å². The van der Waals surface area contributed by atoms with E-state index in [2.05, 4.69) is 141 Å². The number of allylic oxidation sites excluding steroid dienone is 3. The molecule has 0 aromatic heterocycles. The molecule has 0 heterocycles. The Bertz CT molecular complexity index is 2270. The molecular formula is C45H36. The van der Waals surface area contributed by atoms with E-state index in [1.54, 1.807) is 16.7 Å². The van der Waals surface area contributed by atoms with Gasteiger partial charge in [0, 0.05) is 17.8 Å². The Kier molecular flexibility index (Phi) is 5.36. The molecule has 10 rings (SSSR count). The molecule has 0 N–H and O–H groups in total.